The number of primary amides is 1. The van der Waals surface area contributed by atoms with Gasteiger partial charge in [-0.05, 0) is 36.8 Å². The van der Waals surface area contributed by atoms with E-state index in [0.29, 0.717) is 12.2 Å². The molecular weight excluding hydrogens is 263 g/mol. The highest BCUT2D eigenvalue weighted by Gasteiger charge is 2.09. The van der Waals surface area contributed by atoms with Crippen LogP contribution in [0, 0.1) is 5.82 Å². The molecule has 0 aliphatic carbocycles. The maximum absolute atomic E-state index is 13.3. The number of halogens is 1. The van der Waals surface area contributed by atoms with Crippen LogP contribution in [-0.2, 0) is 13.0 Å². The van der Waals surface area contributed by atoms with Crippen LogP contribution in [0.15, 0.2) is 30.3 Å². The fourth-order valence-electron chi connectivity index (χ4n) is 1.72. The first kappa shape index (κ1) is 13.5. The number of benzene rings is 1. The fraction of sp³-hybridized carbons (Fsp3) is 0.214. The average Bonchev–Trinajstić information content (AvgIpc) is 2.85. The van der Waals surface area contributed by atoms with Gasteiger partial charge in [-0.2, -0.15) is 0 Å². The topological polar surface area (TPSA) is 55.1 Å². The van der Waals surface area contributed by atoms with Gasteiger partial charge < -0.3 is 11.1 Å². The van der Waals surface area contributed by atoms with Crippen molar-refractivity contribution in [2.45, 2.75) is 19.9 Å². The molecule has 0 aliphatic rings. The number of aryl methyl sites for hydroxylation is 1. The molecule has 0 saturated heterocycles. The quantitative estimate of drug-likeness (QED) is 0.882. The molecule has 1 aromatic heterocycles. The second-order valence-corrected chi connectivity index (χ2v) is 5.39. The summed E-state index contributed by atoms with van der Waals surface area (Å²) in [6, 6.07) is 8.44. The minimum atomic E-state index is -0.759. The maximum atomic E-state index is 13.3. The van der Waals surface area contributed by atoms with E-state index in [4.69, 9.17) is 5.73 Å². The fourth-order valence-corrected chi connectivity index (χ4v) is 2.62. The molecule has 1 amide bonds. The molecule has 3 N–H and O–H groups in total. The van der Waals surface area contributed by atoms with Crippen molar-refractivity contribution >= 4 is 22.9 Å². The molecule has 0 fully saturated rings. The molecule has 0 radical (unpaired) electrons. The van der Waals surface area contributed by atoms with Gasteiger partial charge in [-0.15, -0.1) is 11.3 Å². The van der Waals surface area contributed by atoms with Crippen molar-refractivity contribution in [2.75, 3.05) is 5.32 Å². The lowest BCUT2D eigenvalue weighted by molar-refractivity contribution is 0.0996. The second-order valence-electron chi connectivity index (χ2n) is 4.13. The third-order valence-electron chi connectivity index (χ3n) is 2.76. The van der Waals surface area contributed by atoms with E-state index in [1.165, 1.54) is 21.9 Å². The summed E-state index contributed by atoms with van der Waals surface area (Å²) in [5, 5.41) is 3.16. The summed E-state index contributed by atoms with van der Waals surface area (Å²) in [5.41, 5.74) is 5.70. The highest BCUT2D eigenvalue weighted by Crippen LogP contribution is 2.19. The van der Waals surface area contributed by atoms with Crippen LogP contribution in [0.5, 0.6) is 0 Å². The number of nitrogens with one attached hydrogen (secondary N) is 1. The average molecular weight is 278 g/mol. The van der Waals surface area contributed by atoms with Crippen molar-refractivity contribution in [3.8, 4) is 0 Å². The molecule has 2 rings (SSSR count). The van der Waals surface area contributed by atoms with Crippen molar-refractivity contribution in [2.24, 2.45) is 5.73 Å². The smallest absolute Gasteiger partial charge is 0.251 e. The molecular formula is C14H15FN2OS. The number of rotatable bonds is 5. The Kier molecular flexibility index (Phi) is 4.16. The predicted molar refractivity (Wildman–Crippen MR) is 75.9 cm³/mol. The summed E-state index contributed by atoms with van der Waals surface area (Å²) in [6.45, 7) is 2.76. The summed E-state index contributed by atoms with van der Waals surface area (Å²) >= 11 is 1.74. The molecule has 0 saturated carbocycles. The Morgan fingerprint density at radius 3 is 2.68 bits per heavy atom. The summed E-state index contributed by atoms with van der Waals surface area (Å²) in [4.78, 5) is 13.6. The van der Waals surface area contributed by atoms with E-state index in [1.54, 1.807) is 17.4 Å². The molecule has 0 atom stereocenters. The van der Waals surface area contributed by atoms with Crippen molar-refractivity contribution in [1.82, 2.24) is 0 Å². The molecule has 5 heteroatoms. The van der Waals surface area contributed by atoms with Gasteiger partial charge in [0.15, 0.2) is 0 Å². The molecule has 0 bridgehead atoms. The van der Waals surface area contributed by atoms with Crippen LogP contribution in [0.3, 0.4) is 0 Å². The van der Waals surface area contributed by atoms with E-state index in [-0.39, 0.29) is 5.56 Å². The van der Waals surface area contributed by atoms with E-state index >= 15 is 0 Å². The van der Waals surface area contributed by atoms with Crippen LogP contribution in [0.1, 0.15) is 27.0 Å². The van der Waals surface area contributed by atoms with E-state index in [2.05, 4.69) is 24.4 Å². The van der Waals surface area contributed by atoms with Gasteiger partial charge in [0.25, 0.3) is 5.91 Å². The second kappa shape index (κ2) is 5.84. The zero-order valence-corrected chi connectivity index (χ0v) is 11.4. The van der Waals surface area contributed by atoms with Crippen LogP contribution in [0.2, 0.25) is 0 Å². The summed E-state index contributed by atoms with van der Waals surface area (Å²) in [7, 11) is 0. The number of carbonyl (C=O) groups excluding carboxylic acids is 1. The van der Waals surface area contributed by atoms with Crippen LogP contribution in [0.25, 0.3) is 0 Å². The minimum Gasteiger partial charge on any atom is -0.380 e. The first-order valence-corrected chi connectivity index (χ1v) is 6.82. The number of thiophene rings is 1. The Balaban J connectivity index is 2.07. The number of amides is 1. The summed E-state index contributed by atoms with van der Waals surface area (Å²) in [5.74, 6) is -1.35. The summed E-state index contributed by atoms with van der Waals surface area (Å²) in [6.07, 6.45) is 1.02. The van der Waals surface area contributed by atoms with Crippen molar-refractivity contribution in [3.05, 3.63) is 51.5 Å². The zero-order chi connectivity index (χ0) is 13.8. The number of carbonyl (C=O) groups is 1. The van der Waals surface area contributed by atoms with E-state index in [1.807, 2.05) is 0 Å². The van der Waals surface area contributed by atoms with Gasteiger partial charge in [-0.25, -0.2) is 4.39 Å². The van der Waals surface area contributed by atoms with E-state index in [0.717, 1.165) is 6.42 Å². The van der Waals surface area contributed by atoms with Gasteiger partial charge in [0, 0.05) is 22.0 Å². The van der Waals surface area contributed by atoms with Gasteiger partial charge in [0.2, 0.25) is 0 Å². The SMILES string of the molecule is CCc1ccc(CNc2ccc(F)c(C(N)=O)c2)s1. The third kappa shape index (κ3) is 3.32. The number of hydrogen-bond acceptors (Lipinski definition) is 3. The normalized spacial score (nSPS) is 10.4. The van der Waals surface area contributed by atoms with Crippen molar-refractivity contribution < 1.29 is 9.18 Å². The monoisotopic (exact) mass is 278 g/mol. The molecule has 1 aromatic carbocycles. The first-order valence-electron chi connectivity index (χ1n) is 6.01. The van der Waals surface area contributed by atoms with Crippen LogP contribution >= 0.6 is 11.3 Å². The number of hydrogen-bond donors (Lipinski definition) is 2. The molecule has 2 aromatic rings. The van der Waals surface area contributed by atoms with E-state index in [9.17, 15) is 9.18 Å². The van der Waals surface area contributed by atoms with Crippen molar-refractivity contribution in [3.63, 3.8) is 0 Å². The minimum absolute atomic E-state index is 0.0922. The zero-order valence-electron chi connectivity index (χ0n) is 10.6. The molecule has 0 spiro atoms. The largest absolute Gasteiger partial charge is 0.380 e. The Morgan fingerprint density at radius 1 is 1.32 bits per heavy atom. The van der Waals surface area contributed by atoms with Gasteiger partial charge >= 0.3 is 0 Å². The molecule has 1 heterocycles. The molecule has 3 nitrogen and oxygen atoms in total. The Morgan fingerprint density at radius 2 is 2.05 bits per heavy atom. The lowest BCUT2D eigenvalue weighted by Gasteiger charge is -2.06. The molecule has 19 heavy (non-hydrogen) atoms. The highest BCUT2D eigenvalue weighted by atomic mass is 32.1. The first-order chi connectivity index (χ1) is 9.10. The van der Waals surface area contributed by atoms with Crippen molar-refractivity contribution in [1.29, 1.82) is 0 Å². The molecule has 0 unspecified atom stereocenters. The summed E-state index contributed by atoms with van der Waals surface area (Å²) < 4.78 is 13.3. The Bertz CT molecular complexity index is 595. The number of nitrogens with two attached hydrogens (primary N) is 1. The Hall–Kier alpha value is -1.88. The van der Waals surface area contributed by atoms with E-state index < -0.39 is 11.7 Å². The molecule has 100 valence electrons. The van der Waals surface area contributed by atoms with Crippen LogP contribution < -0.4 is 11.1 Å². The van der Waals surface area contributed by atoms with Gasteiger partial charge in [-0.1, -0.05) is 6.92 Å². The van der Waals surface area contributed by atoms with Gasteiger partial charge in [-0.3, -0.25) is 4.79 Å². The standard InChI is InChI=1S/C14H15FN2OS/c1-2-10-4-5-11(19-10)8-17-9-3-6-13(15)12(7-9)14(16)18/h3-7,17H,2,8H2,1H3,(H2,16,18). The maximum Gasteiger partial charge on any atom is 0.251 e. The molecule has 0 aliphatic heterocycles. The van der Waals surface area contributed by atoms with Crippen LogP contribution in [0.4, 0.5) is 10.1 Å². The third-order valence-corrected chi connectivity index (χ3v) is 3.99. The van der Waals surface area contributed by atoms with Crippen LogP contribution in [-0.4, -0.2) is 5.91 Å². The van der Waals surface area contributed by atoms with Gasteiger partial charge in [0.05, 0.1) is 5.56 Å². The predicted octanol–water partition coefficient (Wildman–Crippen LogP) is 3.16. The lowest BCUT2D eigenvalue weighted by atomic mass is 10.2. The number of anilines is 1. The highest BCUT2D eigenvalue weighted by molar-refractivity contribution is 7.12. The van der Waals surface area contributed by atoms with Gasteiger partial charge in [0.1, 0.15) is 5.82 Å². The lowest BCUT2D eigenvalue weighted by Crippen LogP contribution is -2.13. The Labute approximate surface area is 115 Å².